The lowest BCUT2D eigenvalue weighted by molar-refractivity contribution is -0.111. The molecule has 0 bridgehead atoms. The van der Waals surface area contributed by atoms with Crippen LogP contribution in [0.4, 0.5) is 33.1 Å². The Morgan fingerprint density at radius 1 is 1.02 bits per heavy atom. The summed E-state index contributed by atoms with van der Waals surface area (Å²) in [5.41, 5.74) is 3.08. The van der Waals surface area contributed by atoms with Crippen molar-refractivity contribution in [1.29, 1.82) is 0 Å². The van der Waals surface area contributed by atoms with Crippen LogP contribution in [-0.4, -0.2) is 79.9 Å². The van der Waals surface area contributed by atoms with Gasteiger partial charge in [0.1, 0.15) is 23.7 Å². The van der Waals surface area contributed by atoms with Crippen LogP contribution in [0.2, 0.25) is 0 Å². The highest BCUT2D eigenvalue weighted by Gasteiger charge is 2.30. The third-order valence-electron chi connectivity index (χ3n) is 8.42. The summed E-state index contributed by atoms with van der Waals surface area (Å²) in [6, 6.07) is 12.5. The lowest BCUT2D eigenvalue weighted by atomic mass is 10.0. The highest BCUT2D eigenvalue weighted by molar-refractivity contribution is 6.02. The molecule has 6 rings (SSSR count). The number of methoxy groups -OCH3 is 1. The van der Waals surface area contributed by atoms with Gasteiger partial charge >= 0.3 is 0 Å². The molecule has 12 heteroatoms. The normalized spacial score (nSPS) is 19.5. The Labute approximate surface area is 256 Å². The van der Waals surface area contributed by atoms with Gasteiger partial charge in [-0.05, 0) is 42.7 Å². The number of ether oxygens (including phenoxy) is 2. The number of aromatic nitrogens is 2. The van der Waals surface area contributed by atoms with Crippen molar-refractivity contribution in [2.24, 2.45) is 0 Å². The van der Waals surface area contributed by atoms with Crippen molar-refractivity contribution in [3.8, 4) is 5.75 Å². The zero-order chi connectivity index (χ0) is 30.5. The number of carbonyl (C=O) groups excluding carboxylic acids is 1. The molecular formula is C32H38FN7O4. The van der Waals surface area contributed by atoms with Crippen LogP contribution in [0.5, 0.6) is 5.75 Å². The zero-order valence-electron chi connectivity index (χ0n) is 24.9. The summed E-state index contributed by atoms with van der Waals surface area (Å²) < 4.78 is 24.9. The molecule has 3 aliphatic rings. The summed E-state index contributed by atoms with van der Waals surface area (Å²) in [4.78, 5) is 32.1. The van der Waals surface area contributed by atoms with Crippen molar-refractivity contribution in [3.63, 3.8) is 0 Å². The second kappa shape index (κ2) is 13.6. The van der Waals surface area contributed by atoms with Gasteiger partial charge in [-0.3, -0.25) is 14.5 Å². The van der Waals surface area contributed by atoms with Gasteiger partial charge in [0.15, 0.2) is 5.82 Å². The van der Waals surface area contributed by atoms with Crippen molar-refractivity contribution < 1.29 is 23.5 Å². The molecular weight excluding hydrogens is 565 g/mol. The molecule has 11 nitrogen and oxygen atoms in total. The van der Waals surface area contributed by atoms with Crippen LogP contribution in [0.15, 0.2) is 61.4 Å². The molecule has 1 amide bonds. The number of hydrogen-bond acceptors (Lipinski definition) is 10. The predicted octanol–water partition coefficient (Wildman–Crippen LogP) is 4.68. The van der Waals surface area contributed by atoms with E-state index in [1.165, 1.54) is 24.5 Å². The molecule has 44 heavy (non-hydrogen) atoms. The van der Waals surface area contributed by atoms with E-state index in [0.29, 0.717) is 41.4 Å². The lowest BCUT2D eigenvalue weighted by Gasteiger charge is -2.42. The van der Waals surface area contributed by atoms with Gasteiger partial charge < -0.3 is 25.0 Å². The van der Waals surface area contributed by atoms with Crippen molar-refractivity contribution in [2.45, 2.75) is 31.3 Å². The average molecular weight is 604 g/mol. The molecule has 0 aliphatic carbocycles. The second-order valence-electron chi connectivity index (χ2n) is 11.0. The summed E-state index contributed by atoms with van der Waals surface area (Å²) in [7, 11) is 1.62. The first-order chi connectivity index (χ1) is 21.5. The first-order valence-electron chi connectivity index (χ1n) is 15.0. The predicted molar refractivity (Wildman–Crippen MR) is 167 cm³/mol. The Morgan fingerprint density at radius 3 is 2.52 bits per heavy atom. The van der Waals surface area contributed by atoms with Gasteiger partial charge in [-0.1, -0.05) is 18.7 Å². The van der Waals surface area contributed by atoms with Crippen LogP contribution in [-0.2, 0) is 14.4 Å². The fraction of sp³-hybridized carbons (Fsp3) is 0.406. The van der Waals surface area contributed by atoms with Gasteiger partial charge in [-0.15, -0.1) is 0 Å². The third-order valence-corrected chi connectivity index (χ3v) is 8.42. The smallest absolute Gasteiger partial charge is 0.247 e. The highest BCUT2D eigenvalue weighted by atomic mass is 19.1. The van der Waals surface area contributed by atoms with Gasteiger partial charge in [-0.2, -0.15) is 0 Å². The molecule has 3 fully saturated rings. The van der Waals surface area contributed by atoms with Crippen molar-refractivity contribution in [1.82, 2.24) is 14.9 Å². The summed E-state index contributed by atoms with van der Waals surface area (Å²) >= 11 is 0. The first-order valence-corrected chi connectivity index (χ1v) is 15.0. The van der Waals surface area contributed by atoms with Crippen LogP contribution in [0, 0.1) is 5.82 Å². The van der Waals surface area contributed by atoms with E-state index in [9.17, 15) is 9.18 Å². The molecule has 1 atom stereocenters. The molecule has 2 N–H and O–H groups in total. The number of nitrogens with zero attached hydrogens (tertiary/aromatic N) is 5. The van der Waals surface area contributed by atoms with Crippen LogP contribution in [0.3, 0.4) is 0 Å². The molecule has 3 aliphatic heterocycles. The number of amides is 1. The quantitative estimate of drug-likeness (QED) is 0.335. The van der Waals surface area contributed by atoms with Crippen LogP contribution >= 0.6 is 0 Å². The maximum absolute atomic E-state index is 13.5. The van der Waals surface area contributed by atoms with Crippen LogP contribution in [0.1, 0.15) is 30.9 Å². The SMILES string of the molecule is C=CC(=O)Nc1cc(Nc2cc(N3OCC[C@@H]3c3ccc(F)cc3)ncn2)c(OC)cc1N1CCN(C2CCOCC2)CC1. The molecule has 0 unspecified atom stereocenters. The van der Waals surface area contributed by atoms with E-state index in [4.69, 9.17) is 14.3 Å². The number of rotatable bonds is 9. The Kier molecular flexibility index (Phi) is 9.20. The number of hydrogen-bond donors (Lipinski definition) is 2. The maximum atomic E-state index is 13.5. The molecule has 4 heterocycles. The molecule has 232 valence electrons. The van der Waals surface area contributed by atoms with E-state index in [2.05, 4.69) is 37.0 Å². The third kappa shape index (κ3) is 6.62. The van der Waals surface area contributed by atoms with Crippen LogP contribution in [0.25, 0.3) is 0 Å². The average Bonchev–Trinajstić information content (AvgIpc) is 3.56. The number of benzene rings is 2. The molecule has 0 saturated carbocycles. The molecule has 0 radical (unpaired) electrons. The van der Waals surface area contributed by atoms with Crippen molar-refractivity contribution in [3.05, 3.63) is 72.8 Å². The van der Waals surface area contributed by atoms with Crippen molar-refractivity contribution in [2.75, 3.05) is 73.7 Å². The standard InChI is InChI=1S/C32H38FN7O4/c1-3-32(41)37-25-18-26(29(42-2)19-28(25)39-13-11-38(12-14-39)24-8-15-43-16-9-24)36-30-20-31(35-21-34-30)40-27(10-17-44-40)22-4-6-23(33)7-5-22/h3-7,18-21,24,27H,1,8-17H2,2H3,(H,37,41)(H,34,35,36)/t27-/m1/s1. The first kappa shape index (κ1) is 29.8. The highest BCUT2D eigenvalue weighted by Crippen LogP contribution is 2.40. The summed E-state index contributed by atoms with van der Waals surface area (Å²) in [5, 5.41) is 8.05. The maximum Gasteiger partial charge on any atom is 0.247 e. The molecule has 3 saturated heterocycles. The van der Waals surface area contributed by atoms with E-state index in [-0.39, 0.29) is 17.8 Å². The van der Waals surface area contributed by atoms with E-state index in [1.807, 2.05) is 12.1 Å². The largest absolute Gasteiger partial charge is 0.494 e. The number of halogens is 1. The molecule has 2 aromatic carbocycles. The Hall–Kier alpha value is -4.26. The Balaban J connectivity index is 1.23. The minimum Gasteiger partial charge on any atom is -0.494 e. The van der Waals surface area contributed by atoms with Gasteiger partial charge in [0.05, 0.1) is 36.8 Å². The zero-order valence-corrected chi connectivity index (χ0v) is 24.9. The van der Waals surface area contributed by atoms with Gasteiger partial charge in [0.25, 0.3) is 0 Å². The second-order valence-corrected chi connectivity index (χ2v) is 11.0. The Morgan fingerprint density at radius 2 is 1.80 bits per heavy atom. The van der Waals surface area contributed by atoms with Crippen LogP contribution < -0.4 is 25.3 Å². The van der Waals surface area contributed by atoms with E-state index >= 15 is 0 Å². The minimum absolute atomic E-state index is 0.111. The number of carbonyl (C=O) groups is 1. The van der Waals surface area contributed by atoms with Gasteiger partial charge in [-0.25, -0.2) is 19.4 Å². The van der Waals surface area contributed by atoms with Gasteiger partial charge in [0.2, 0.25) is 5.91 Å². The fourth-order valence-corrected chi connectivity index (χ4v) is 6.12. The Bertz CT molecular complexity index is 1460. The summed E-state index contributed by atoms with van der Waals surface area (Å²) in [5.74, 6) is 1.09. The lowest BCUT2D eigenvalue weighted by Crippen LogP contribution is -2.51. The summed E-state index contributed by atoms with van der Waals surface area (Å²) in [6.45, 7) is 9.30. The number of nitrogens with one attached hydrogen (secondary N) is 2. The van der Waals surface area contributed by atoms with Gasteiger partial charge in [0, 0.05) is 64.0 Å². The molecule has 3 aromatic rings. The molecule has 0 spiro atoms. The minimum atomic E-state index is -0.300. The monoisotopic (exact) mass is 603 g/mol. The fourth-order valence-electron chi connectivity index (χ4n) is 6.12. The number of hydroxylamine groups is 1. The van der Waals surface area contributed by atoms with Crippen molar-refractivity contribution >= 4 is 34.6 Å². The topological polar surface area (TPSA) is 104 Å². The summed E-state index contributed by atoms with van der Waals surface area (Å²) in [6.07, 6.45) is 5.59. The van der Waals surface area contributed by atoms with E-state index < -0.39 is 0 Å². The van der Waals surface area contributed by atoms with E-state index in [1.54, 1.807) is 30.4 Å². The number of piperazine rings is 1. The van der Waals surface area contributed by atoms with E-state index in [0.717, 1.165) is 69.9 Å². The number of anilines is 5. The molecule has 1 aromatic heterocycles.